The Bertz CT molecular complexity index is 684. The fourth-order valence-corrected chi connectivity index (χ4v) is 2.46. The van der Waals surface area contributed by atoms with Crippen LogP contribution in [0.3, 0.4) is 0 Å². The molecule has 0 spiro atoms. The summed E-state index contributed by atoms with van der Waals surface area (Å²) in [5, 5.41) is 2.70. The highest BCUT2D eigenvalue weighted by Crippen LogP contribution is 2.43. The van der Waals surface area contributed by atoms with Gasteiger partial charge in [-0.25, -0.2) is 8.78 Å². The van der Waals surface area contributed by atoms with Crippen molar-refractivity contribution in [2.45, 2.75) is 13.3 Å². The Balaban J connectivity index is 2.63. The highest BCUT2D eigenvalue weighted by molar-refractivity contribution is 6.19. The Morgan fingerprint density at radius 2 is 2.05 bits per heavy atom. The first-order valence-electron chi connectivity index (χ1n) is 6.66. The molecule has 0 bridgehead atoms. The van der Waals surface area contributed by atoms with Crippen molar-refractivity contribution in [1.82, 2.24) is 0 Å². The van der Waals surface area contributed by atoms with E-state index in [0.29, 0.717) is 0 Å². The lowest BCUT2D eigenvalue weighted by Crippen LogP contribution is -2.47. The van der Waals surface area contributed by atoms with E-state index in [2.05, 4.69) is 18.5 Å². The Morgan fingerprint density at radius 3 is 2.64 bits per heavy atom. The van der Waals surface area contributed by atoms with Crippen molar-refractivity contribution in [1.29, 1.82) is 0 Å². The van der Waals surface area contributed by atoms with E-state index in [1.165, 1.54) is 6.08 Å². The molecular formula is C16H15F2NO3. The number of hydrogen-bond acceptors (Lipinski definition) is 4. The molecule has 0 amide bonds. The summed E-state index contributed by atoms with van der Waals surface area (Å²) in [6.07, 6.45) is 1.32. The highest BCUT2D eigenvalue weighted by atomic mass is 19.2. The zero-order valence-corrected chi connectivity index (χ0v) is 12.0. The largest absolute Gasteiger partial charge is 0.465 e. The minimum atomic E-state index is -1.73. The van der Waals surface area contributed by atoms with Gasteiger partial charge in [-0.15, -0.1) is 6.58 Å². The summed E-state index contributed by atoms with van der Waals surface area (Å²) in [6, 6.07) is 1.63. The van der Waals surface area contributed by atoms with Gasteiger partial charge < -0.3 is 10.1 Å². The number of fused-ring (bicyclic) bond motifs is 1. The number of ether oxygens (including phenoxy) is 1. The fraction of sp³-hybridized carbons (Fsp3) is 0.250. The lowest BCUT2D eigenvalue weighted by molar-refractivity contribution is -0.150. The smallest absolute Gasteiger partial charge is 0.326 e. The lowest BCUT2D eigenvalue weighted by Gasteiger charge is -2.36. The Labute approximate surface area is 126 Å². The molecule has 1 aliphatic heterocycles. The molecule has 1 aromatic rings. The number of hydrogen-bond donors (Lipinski definition) is 1. The number of carbonyl (C=O) groups excluding carboxylic acids is 2. The third-order valence-electron chi connectivity index (χ3n) is 3.57. The first-order valence-corrected chi connectivity index (χ1v) is 6.66. The molecule has 0 saturated carbocycles. The average Bonchev–Trinajstić information content (AvgIpc) is 2.46. The number of anilines is 1. The summed E-state index contributed by atoms with van der Waals surface area (Å²) in [5.74, 6) is -3.76. The zero-order chi connectivity index (χ0) is 16.5. The maximum Gasteiger partial charge on any atom is 0.326 e. The van der Waals surface area contributed by atoms with Crippen LogP contribution in [-0.4, -0.2) is 18.4 Å². The van der Waals surface area contributed by atoms with E-state index in [1.807, 2.05) is 0 Å². The maximum atomic E-state index is 13.5. The van der Waals surface area contributed by atoms with Crippen molar-refractivity contribution < 1.29 is 23.1 Å². The third-order valence-corrected chi connectivity index (χ3v) is 3.57. The molecule has 1 N–H and O–H groups in total. The van der Waals surface area contributed by atoms with Crippen LogP contribution in [-0.2, 0) is 9.53 Å². The molecule has 0 radical (unpaired) electrons. The van der Waals surface area contributed by atoms with E-state index in [-0.39, 0.29) is 30.0 Å². The molecule has 0 saturated heterocycles. The second-order valence-corrected chi connectivity index (χ2v) is 4.86. The van der Waals surface area contributed by atoms with E-state index in [9.17, 15) is 18.4 Å². The Kier molecular flexibility index (Phi) is 4.12. The summed E-state index contributed by atoms with van der Waals surface area (Å²) in [7, 11) is 0. The topological polar surface area (TPSA) is 55.4 Å². The van der Waals surface area contributed by atoms with Crippen LogP contribution < -0.4 is 5.32 Å². The number of carbonyl (C=O) groups is 2. The van der Waals surface area contributed by atoms with Gasteiger partial charge in [0.1, 0.15) is 0 Å². The van der Waals surface area contributed by atoms with Crippen molar-refractivity contribution in [2.24, 2.45) is 5.41 Å². The van der Waals surface area contributed by atoms with Gasteiger partial charge >= 0.3 is 5.97 Å². The number of rotatable bonds is 4. The normalized spacial score (nSPS) is 20.1. The Morgan fingerprint density at radius 1 is 1.41 bits per heavy atom. The van der Waals surface area contributed by atoms with Crippen molar-refractivity contribution in [3.63, 3.8) is 0 Å². The maximum absolute atomic E-state index is 13.5. The second-order valence-electron chi connectivity index (χ2n) is 4.86. The minimum Gasteiger partial charge on any atom is -0.465 e. The third kappa shape index (κ3) is 2.20. The summed E-state index contributed by atoms with van der Waals surface area (Å²) in [5.41, 5.74) is -1.73. The molecule has 0 fully saturated rings. The first kappa shape index (κ1) is 15.9. The van der Waals surface area contributed by atoms with Gasteiger partial charge in [0.25, 0.3) is 0 Å². The molecule has 2 rings (SSSR count). The molecule has 4 nitrogen and oxygen atoms in total. The van der Waals surface area contributed by atoms with Crippen molar-refractivity contribution in [3.05, 3.63) is 54.3 Å². The van der Waals surface area contributed by atoms with E-state index in [0.717, 1.165) is 12.1 Å². The van der Waals surface area contributed by atoms with Crippen LogP contribution in [0.1, 0.15) is 23.7 Å². The van der Waals surface area contributed by atoms with Crippen LogP contribution in [0.25, 0.3) is 0 Å². The van der Waals surface area contributed by atoms with Gasteiger partial charge in [0.15, 0.2) is 22.8 Å². The second kappa shape index (κ2) is 5.71. The number of nitrogens with one attached hydrogen (secondary N) is 1. The number of halogens is 2. The number of allylic oxidation sites excluding steroid dienone is 1. The van der Waals surface area contributed by atoms with Gasteiger partial charge in [-0.1, -0.05) is 12.7 Å². The van der Waals surface area contributed by atoms with Crippen molar-refractivity contribution in [3.8, 4) is 0 Å². The number of Topliss-reactive ketones (excluding diaryl/α,β-unsaturated/α-hetero) is 1. The molecule has 116 valence electrons. The number of esters is 1. The van der Waals surface area contributed by atoms with Crippen LogP contribution in [0.15, 0.2) is 37.1 Å². The molecule has 1 heterocycles. The SMILES string of the molecule is C=CCC1(C(=O)OCC)C(=C)Nc2cc(F)c(F)cc2C1=O. The molecule has 1 aliphatic rings. The molecule has 6 heteroatoms. The van der Waals surface area contributed by atoms with Crippen LogP contribution in [0.5, 0.6) is 0 Å². The van der Waals surface area contributed by atoms with E-state index in [1.54, 1.807) is 6.92 Å². The van der Waals surface area contributed by atoms with Crippen LogP contribution in [0, 0.1) is 17.0 Å². The van der Waals surface area contributed by atoms with Gasteiger partial charge in [-0.05, 0) is 19.4 Å². The average molecular weight is 307 g/mol. The molecule has 22 heavy (non-hydrogen) atoms. The molecule has 0 aromatic heterocycles. The van der Waals surface area contributed by atoms with Gasteiger partial charge in [0.05, 0.1) is 12.3 Å². The Hall–Kier alpha value is -2.50. The fourth-order valence-electron chi connectivity index (χ4n) is 2.46. The quantitative estimate of drug-likeness (QED) is 0.527. The van der Waals surface area contributed by atoms with Crippen LogP contribution in [0.2, 0.25) is 0 Å². The lowest BCUT2D eigenvalue weighted by atomic mass is 9.72. The summed E-state index contributed by atoms with van der Waals surface area (Å²) >= 11 is 0. The summed E-state index contributed by atoms with van der Waals surface area (Å²) in [6.45, 7) is 8.91. The zero-order valence-electron chi connectivity index (χ0n) is 12.0. The van der Waals surface area contributed by atoms with Gasteiger partial charge in [-0.2, -0.15) is 0 Å². The van der Waals surface area contributed by atoms with Gasteiger partial charge in [-0.3, -0.25) is 9.59 Å². The van der Waals surface area contributed by atoms with Crippen molar-refractivity contribution >= 4 is 17.4 Å². The molecule has 0 aliphatic carbocycles. The van der Waals surface area contributed by atoms with E-state index < -0.39 is 28.8 Å². The number of benzene rings is 1. The molecule has 1 unspecified atom stereocenters. The van der Waals surface area contributed by atoms with Crippen LogP contribution in [0.4, 0.5) is 14.5 Å². The highest BCUT2D eigenvalue weighted by Gasteiger charge is 2.52. The minimum absolute atomic E-state index is 0.0503. The van der Waals surface area contributed by atoms with Gasteiger partial charge in [0.2, 0.25) is 0 Å². The first-order chi connectivity index (χ1) is 10.4. The standard InChI is InChI=1S/C16H15F2NO3/c1-4-6-16(15(21)22-5-2)9(3)19-13-8-12(18)11(17)7-10(13)14(16)20/h4,7-8,19H,1,3,5-6H2,2H3. The van der Waals surface area contributed by atoms with Crippen LogP contribution >= 0.6 is 0 Å². The van der Waals surface area contributed by atoms with E-state index in [4.69, 9.17) is 4.74 Å². The molecule has 1 aromatic carbocycles. The van der Waals surface area contributed by atoms with E-state index >= 15 is 0 Å². The van der Waals surface area contributed by atoms with Gasteiger partial charge in [0, 0.05) is 17.3 Å². The van der Waals surface area contributed by atoms with Crippen molar-refractivity contribution in [2.75, 3.05) is 11.9 Å². The predicted molar refractivity (Wildman–Crippen MR) is 77.3 cm³/mol. The summed E-state index contributed by atoms with van der Waals surface area (Å²) < 4.78 is 31.7. The number of ketones is 1. The monoisotopic (exact) mass is 307 g/mol. The molecular weight excluding hydrogens is 292 g/mol. The summed E-state index contributed by atoms with van der Waals surface area (Å²) in [4.78, 5) is 25.1. The molecule has 1 atom stereocenters. The predicted octanol–water partition coefficient (Wildman–Crippen LogP) is 3.21.